The Labute approximate surface area is 196 Å². The van der Waals surface area contributed by atoms with E-state index >= 15 is 0 Å². The summed E-state index contributed by atoms with van der Waals surface area (Å²) in [5.41, 5.74) is 0.291. The van der Waals surface area contributed by atoms with Gasteiger partial charge in [0.05, 0.1) is 12.9 Å². The van der Waals surface area contributed by atoms with Gasteiger partial charge in [0.1, 0.15) is 17.4 Å². The molecule has 3 N–H and O–H groups in total. The predicted octanol–water partition coefficient (Wildman–Crippen LogP) is 2.11. The monoisotopic (exact) mass is 482 g/mol. The van der Waals surface area contributed by atoms with Gasteiger partial charge in [-0.15, -0.1) is 10.2 Å². The van der Waals surface area contributed by atoms with Crippen LogP contribution < -0.4 is 21.3 Å². The number of halogens is 1. The van der Waals surface area contributed by atoms with Crippen LogP contribution in [0, 0.1) is 5.82 Å². The van der Waals surface area contributed by atoms with Crippen molar-refractivity contribution < 1.29 is 13.9 Å². The number of nitrogens with zero attached hydrogens (tertiary/aromatic N) is 3. The summed E-state index contributed by atoms with van der Waals surface area (Å²) in [7, 11) is 1.54. The maximum Gasteiger partial charge on any atom is 0.325 e. The Morgan fingerprint density at radius 1 is 1.12 bits per heavy atom. The molecular formula is C22H19FN6O4S. The lowest BCUT2D eigenvalue weighted by molar-refractivity contribution is -0.113. The molecule has 0 fully saturated rings. The molecule has 0 spiro atoms. The molecule has 2 heterocycles. The average Bonchev–Trinajstić information content (AvgIpc) is 3.20. The number of hydrogen-bond donors (Lipinski definition) is 3. The van der Waals surface area contributed by atoms with Gasteiger partial charge in [-0.3, -0.25) is 19.1 Å². The minimum absolute atomic E-state index is 0.0262. The number of nitrogens with one attached hydrogen (secondary N) is 3. The molecule has 0 saturated carbocycles. The van der Waals surface area contributed by atoms with Gasteiger partial charge in [-0.25, -0.2) is 9.18 Å². The van der Waals surface area contributed by atoms with E-state index in [0.29, 0.717) is 33.8 Å². The van der Waals surface area contributed by atoms with E-state index in [1.807, 2.05) is 0 Å². The summed E-state index contributed by atoms with van der Waals surface area (Å²) in [4.78, 5) is 40.4. The summed E-state index contributed by atoms with van der Waals surface area (Å²) < 4.78 is 20.3. The quantitative estimate of drug-likeness (QED) is 0.328. The van der Waals surface area contributed by atoms with E-state index in [-0.39, 0.29) is 18.1 Å². The van der Waals surface area contributed by atoms with E-state index in [0.717, 1.165) is 11.8 Å². The van der Waals surface area contributed by atoms with Crippen LogP contribution in [0.4, 0.5) is 10.1 Å². The minimum atomic E-state index is -0.640. The number of carbonyl (C=O) groups excluding carboxylic acids is 1. The summed E-state index contributed by atoms with van der Waals surface area (Å²) in [6.07, 6.45) is 0.0834. The fourth-order valence-corrected chi connectivity index (χ4v) is 3.94. The van der Waals surface area contributed by atoms with E-state index in [9.17, 15) is 18.8 Å². The van der Waals surface area contributed by atoms with Crippen LogP contribution in [-0.2, 0) is 11.2 Å². The third kappa shape index (κ3) is 5.59. The molecule has 0 bridgehead atoms. The Morgan fingerprint density at radius 3 is 2.65 bits per heavy atom. The third-order valence-corrected chi connectivity index (χ3v) is 5.56. The molecule has 0 aliphatic rings. The first-order chi connectivity index (χ1) is 16.4. The van der Waals surface area contributed by atoms with Crippen LogP contribution in [0.2, 0.25) is 0 Å². The molecule has 174 valence electrons. The van der Waals surface area contributed by atoms with Gasteiger partial charge in [0.25, 0.3) is 5.56 Å². The van der Waals surface area contributed by atoms with Crippen molar-refractivity contribution in [3.8, 4) is 11.4 Å². The fourth-order valence-electron chi connectivity index (χ4n) is 3.17. The Hall–Kier alpha value is -4.19. The summed E-state index contributed by atoms with van der Waals surface area (Å²) in [5.74, 6) is 0.349. The molecular weight excluding hydrogens is 463 g/mol. The standard InChI is InChI=1S/C22H19FN6O4S/c1-33-17-4-2-3-14(9-17)24-20(31)12-34-22-28-27-18(10-15-11-19(30)26-21(32)25-15)29(22)16-7-5-13(23)6-8-16/h2-9,11H,10,12H2,1H3,(H,24,31)(H2,25,26,30,32). The van der Waals surface area contributed by atoms with Gasteiger partial charge in [-0.2, -0.15) is 0 Å². The topological polar surface area (TPSA) is 135 Å². The Kier molecular flexibility index (Phi) is 6.87. The van der Waals surface area contributed by atoms with Gasteiger partial charge in [-0.1, -0.05) is 17.8 Å². The zero-order valence-corrected chi connectivity index (χ0v) is 18.7. The number of rotatable bonds is 8. The van der Waals surface area contributed by atoms with Crippen LogP contribution in [0.25, 0.3) is 5.69 Å². The molecule has 4 rings (SSSR count). The number of anilines is 1. The van der Waals surface area contributed by atoms with Crippen molar-refractivity contribution in [1.29, 1.82) is 0 Å². The molecule has 0 radical (unpaired) electrons. The number of aromatic amines is 2. The van der Waals surface area contributed by atoms with Crippen LogP contribution in [0.1, 0.15) is 11.5 Å². The van der Waals surface area contributed by atoms with Crippen LogP contribution in [0.3, 0.4) is 0 Å². The Bertz CT molecular complexity index is 1400. The molecule has 2 aromatic heterocycles. The van der Waals surface area contributed by atoms with Gasteiger partial charge in [-0.05, 0) is 36.4 Å². The maximum absolute atomic E-state index is 13.5. The number of amides is 1. The summed E-state index contributed by atoms with van der Waals surface area (Å²) >= 11 is 1.13. The van der Waals surface area contributed by atoms with Gasteiger partial charge in [0.15, 0.2) is 5.16 Å². The van der Waals surface area contributed by atoms with Gasteiger partial charge in [0.2, 0.25) is 5.91 Å². The van der Waals surface area contributed by atoms with Crippen molar-refractivity contribution >= 4 is 23.4 Å². The van der Waals surface area contributed by atoms with Crippen LogP contribution >= 0.6 is 11.8 Å². The molecule has 0 aliphatic heterocycles. The number of methoxy groups -OCH3 is 1. The van der Waals surface area contributed by atoms with Crippen molar-refractivity contribution in [3.05, 3.63) is 92.8 Å². The van der Waals surface area contributed by atoms with Crippen molar-refractivity contribution in [2.75, 3.05) is 18.2 Å². The number of ether oxygens (including phenoxy) is 1. The van der Waals surface area contributed by atoms with Crippen LogP contribution in [0.15, 0.2) is 69.3 Å². The maximum atomic E-state index is 13.5. The summed E-state index contributed by atoms with van der Waals surface area (Å²) in [6, 6.07) is 13.9. The van der Waals surface area contributed by atoms with E-state index in [4.69, 9.17) is 4.74 Å². The van der Waals surface area contributed by atoms with E-state index in [1.54, 1.807) is 41.0 Å². The lowest BCUT2D eigenvalue weighted by atomic mass is 10.2. The van der Waals surface area contributed by atoms with Crippen molar-refractivity contribution in [1.82, 2.24) is 24.7 Å². The highest BCUT2D eigenvalue weighted by atomic mass is 32.2. The number of thioether (sulfide) groups is 1. The number of carbonyl (C=O) groups is 1. The van der Waals surface area contributed by atoms with Crippen LogP contribution in [-0.4, -0.2) is 43.5 Å². The van der Waals surface area contributed by atoms with E-state index < -0.39 is 17.1 Å². The van der Waals surface area contributed by atoms with Crippen LogP contribution in [0.5, 0.6) is 5.75 Å². The number of aromatic nitrogens is 5. The van der Waals surface area contributed by atoms with Gasteiger partial charge in [0, 0.05) is 35.6 Å². The molecule has 0 aliphatic carbocycles. The highest BCUT2D eigenvalue weighted by molar-refractivity contribution is 7.99. The highest BCUT2D eigenvalue weighted by Gasteiger charge is 2.17. The smallest absolute Gasteiger partial charge is 0.325 e. The van der Waals surface area contributed by atoms with E-state index in [2.05, 4.69) is 25.5 Å². The number of benzene rings is 2. The summed E-state index contributed by atoms with van der Waals surface area (Å²) in [6.45, 7) is 0. The average molecular weight is 482 g/mol. The highest BCUT2D eigenvalue weighted by Crippen LogP contribution is 2.24. The Morgan fingerprint density at radius 2 is 1.91 bits per heavy atom. The molecule has 0 atom stereocenters. The lowest BCUT2D eigenvalue weighted by Gasteiger charge is -2.11. The number of hydrogen-bond acceptors (Lipinski definition) is 7. The Balaban J connectivity index is 1.57. The molecule has 4 aromatic rings. The zero-order chi connectivity index (χ0) is 24.1. The second-order valence-electron chi connectivity index (χ2n) is 7.07. The molecule has 2 aromatic carbocycles. The van der Waals surface area contributed by atoms with Crippen molar-refractivity contribution in [2.24, 2.45) is 0 Å². The largest absolute Gasteiger partial charge is 0.497 e. The second kappa shape index (κ2) is 10.2. The molecule has 0 saturated heterocycles. The summed E-state index contributed by atoms with van der Waals surface area (Å²) in [5, 5.41) is 11.5. The molecule has 1 amide bonds. The molecule has 34 heavy (non-hydrogen) atoms. The van der Waals surface area contributed by atoms with Gasteiger partial charge >= 0.3 is 5.69 Å². The first-order valence-electron chi connectivity index (χ1n) is 10.0. The minimum Gasteiger partial charge on any atom is -0.497 e. The predicted molar refractivity (Wildman–Crippen MR) is 124 cm³/mol. The molecule has 10 nitrogen and oxygen atoms in total. The van der Waals surface area contributed by atoms with Crippen molar-refractivity contribution in [3.63, 3.8) is 0 Å². The molecule has 12 heteroatoms. The van der Waals surface area contributed by atoms with Crippen molar-refractivity contribution in [2.45, 2.75) is 11.6 Å². The zero-order valence-electron chi connectivity index (χ0n) is 17.9. The van der Waals surface area contributed by atoms with E-state index in [1.165, 1.54) is 25.3 Å². The second-order valence-corrected chi connectivity index (χ2v) is 8.01. The normalized spacial score (nSPS) is 10.8. The fraction of sp³-hybridized carbons (Fsp3) is 0.136. The first kappa shape index (κ1) is 23.0. The first-order valence-corrected chi connectivity index (χ1v) is 11.0. The number of H-pyrrole nitrogens is 2. The SMILES string of the molecule is COc1cccc(NC(=O)CSc2nnc(Cc3cc(=O)[nH]c(=O)[nH]3)n2-c2ccc(F)cc2)c1. The van der Waals surface area contributed by atoms with Gasteiger partial charge < -0.3 is 15.0 Å². The molecule has 0 unspecified atom stereocenters. The third-order valence-electron chi connectivity index (χ3n) is 4.64. The lowest BCUT2D eigenvalue weighted by Crippen LogP contribution is -2.23.